The predicted molar refractivity (Wildman–Crippen MR) is 47.4 cm³/mol. The molecule has 2 nitrogen and oxygen atoms in total. The van der Waals surface area contributed by atoms with Gasteiger partial charge in [0.15, 0.2) is 0 Å². The van der Waals surface area contributed by atoms with Gasteiger partial charge in [0.05, 0.1) is 5.97 Å². The van der Waals surface area contributed by atoms with Gasteiger partial charge in [-0.2, -0.15) is 0 Å². The molecule has 0 aliphatic carbocycles. The summed E-state index contributed by atoms with van der Waals surface area (Å²) in [5.74, 6) is -1.05. The van der Waals surface area contributed by atoms with E-state index in [2.05, 4.69) is 0 Å². The molecule has 0 saturated carbocycles. The number of carbonyl (C=O) groups excluding carboxylic acids is 1. The van der Waals surface area contributed by atoms with Gasteiger partial charge in [-0.3, -0.25) is 0 Å². The van der Waals surface area contributed by atoms with Crippen LogP contribution in [0.25, 0.3) is 0 Å². The van der Waals surface area contributed by atoms with Gasteiger partial charge in [0.25, 0.3) is 0 Å². The van der Waals surface area contributed by atoms with Gasteiger partial charge in [0, 0.05) is 0 Å². The molecule has 3 heteroatoms. The second-order valence-electron chi connectivity index (χ2n) is 2.50. The van der Waals surface area contributed by atoms with E-state index < -0.39 is 5.97 Å². The molecule has 0 aromatic heterocycles. The van der Waals surface area contributed by atoms with Crippen LogP contribution >= 0.6 is 0 Å². The quantitative estimate of drug-likeness (QED) is 0.317. The fourth-order valence-electron chi connectivity index (χ4n) is 1.14. The number of rotatable bonds is 4. The zero-order valence-electron chi connectivity index (χ0n) is 8.89. The van der Waals surface area contributed by atoms with Crippen molar-refractivity contribution in [3.8, 4) is 0 Å². The second kappa shape index (κ2) is 9.15. The SMILES string of the molecule is C/C=C/C(CC)=C(\CC)C(=O)[O-].[K+]. The summed E-state index contributed by atoms with van der Waals surface area (Å²) in [7, 11) is 0. The first-order chi connectivity index (χ1) is 5.67. The van der Waals surface area contributed by atoms with Gasteiger partial charge in [-0.15, -0.1) is 0 Å². The Morgan fingerprint density at radius 2 is 1.85 bits per heavy atom. The zero-order chi connectivity index (χ0) is 9.56. The number of carboxylic acid groups (broad SMARTS) is 1. The van der Waals surface area contributed by atoms with E-state index in [1.807, 2.05) is 32.9 Å². The number of carboxylic acids is 1. The molecule has 0 aliphatic heterocycles. The maximum atomic E-state index is 10.6. The van der Waals surface area contributed by atoms with Crippen LogP contribution in [0.1, 0.15) is 33.6 Å². The molecular weight excluding hydrogens is 191 g/mol. The molecule has 0 unspecified atom stereocenters. The van der Waals surface area contributed by atoms with Crippen molar-refractivity contribution in [1.82, 2.24) is 0 Å². The minimum Gasteiger partial charge on any atom is -0.545 e. The van der Waals surface area contributed by atoms with E-state index in [0.29, 0.717) is 12.0 Å². The molecule has 0 atom stereocenters. The summed E-state index contributed by atoms with van der Waals surface area (Å²) < 4.78 is 0. The normalized spacial score (nSPS) is 12.2. The fourth-order valence-corrected chi connectivity index (χ4v) is 1.14. The van der Waals surface area contributed by atoms with E-state index in [4.69, 9.17) is 0 Å². The molecule has 0 radical (unpaired) electrons. The van der Waals surface area contributed by atoms with Crippen LogP contribution in [-0.2, 0) is 4.79 Å². The number of allylic oxidation sites excluding steroid dienone is 3. The maximum absolute atomic E-state index is 10.6. The van der Waals surface area contributed by atoms with Crippen molar-refractivity contribution in [2.24, 2.45) is 0 Å². The summed E-state index contributed by atoms with van der Waals surface area (Å²) in [6.45, 7) is 5.64. The second-order valence-corrected chi connectivity index (χ2v) is 2.50. The van der Waals surface area contributed by atoms with E-state index in [0.717, 1.165) is 12.0 Å². The molecule has 0 amide bonds. The van der Waals surface area contributed by atoms with Gasteiger partial charge < -0.3 is 9.90 Å². The van der Waals surface area contributed by atoms with Crippen molar-refractivity contribution >= 4 is 5.97 Å². The Kier molecular flexibility index (Phi) is 11.3. The molecule has 0 bridgehead atoms. The molecule has 0 spiro atoms. The molecular formula is C10H15KO2. The zero-order valence-corrected chi connectivity index (χ0v) is 12.0. The first kappa shape index (κ1) is 16.0. The molecule has 0 heterocycles. The molecule has 68 valence electrons. The van der Waals surface area contributed by atoms with Gasteiger partial charge in [-0.05, 0) is 30.9 Å². The minimum atomic E-state index is -1.05. The minimum absolute atomic E-state index is 0. The predicted octanol–water partition coefficient (Wildman–Crippen LogP) is -1.57. The van der Waals surface area contributed by atoms with Crippen molar-refractivity contribution in [2.45, 2.75) is 33.6 Å². The third kappa shape index (κ3) is 5.81. The first-order valence-electron chi connectivity index (χ1n) is 4.23. The summed E-state index contributed by atoms with van der Waals surface area (Å²) >= 11 is 0. The Labute approximate surface area is 123 Å². The maximum Gasteiger partial charge on any atom is 1.00 e. The summed E-state index contributed by atoms with van der Waals surface area (Å²) in [6.07, 6.45) is 4.93. The molecule has 0 N–H and O–H groups in total. The fraction of sp³-hybridized carbons (Fsp3) is 0.500. The third-order valence-electron chi connectivity index (χ3n) is 1.74. The smallest absolute Gasteiger partial charge is 0.545 e. The van der Waals surface area contributed by atoms with E-state index >= 15 is 0 Å². The van der Waals surface area contributed by atoms with Crippen molar-refractivity contribution in [2.75, 3.05) is 0 Å². The first-order valence-corrected chi connectivity index (χ1v) is 4.23. The monoisotopic (exact) mass is 206 g/mol. The van der Waals surface area contributed by atoms with E-state index in [1.54, 1.807) is 0 Å². The Morgan fingerprint density at radius 3 is 2.08 bits per heavy atom. The topological polar surface area (TPSA) is 40.1 Å². The Bertz CT molecular complexity index is 217. The van der Waals surface area contributed by atoms with Gasteiger partial charge in [-0.25, -0.2) is 0 Å². The number of hydrogen-bond acceptors (Lipinski definition) is 2. The van der Waals surface area contributed by atoms with Crippen molar-refractivity contribution in [1.29, 1.82) is 0 Å². The largest absolute Gasteiger partial charge is 1.00 e. The number of carbonyl (C=O) groups is 1. The summed E-state index contributed by atoms with van der Waals surface area (Å²) in [6, 6.07) is 0. The number of aliphatic carboxylic acids is 1. The van der Waals surface area contributed by atoms with E-state index in [-0.39, 0.29) is 51.4 Å². The van der Waals surface area contributed by atoms with Crippen LogP contribution in [0.15, 0.2) is 23.3 Å². The van der Waals surface area contributed by atoms with Gasteiger partial charge >= 0.3 is 51.4 Å². The van der Waals surface area contributed by atoms with Crippen LogP contribution in [0.5, 0.6) is 0 Å². The number of hydrogen-bond donors (Lipinski definition) is 0. The van der Waals surface area contributed by atoms with Crippen molar-refractivity contribution in [3.63, 3.8) is 0 Å². The molecule has 13 heavy (non-hydrogen) atoms. The van der Waals surface area contributed by atoms with Crippen LogP contribution in [0, 0.1) is 0 Å². The Hall–Kier alpha value is 0.586. The molecule has 0 rings (SSSR count). The van der Waals surface area contributed by atoms with Gasteiger partial charge in [0.2, 0.25) is 0 Å². The summed E-state index contributed by atoms with van der Waals surface area (Å²) in [5, 5.41) is 10.6. The molecule has 0 aliphatic rings. The third-order valence-corrected chi connectivity index (χ3v) is 1.74. The van der Waals surface area contributed by atoms with Gasteiger partial charge in [0.1, 0.15) is 0 Å². The van der Waals surface area contributed by atoms with Crippen LogP contribution < -0.4 is 56.5 Å². The van der Waals surface area contributed by atoms with Crippen molar-refractivity contribution in [3.05, 3.63) is 23.3 Å². The average molecular weight is 206 g/mol. The van der Waals surface area contributed by atoms with Crippen molar-refractivity contribution < 1.29 is 61.3 Å². The van der Waals surface area contributed by atoms with Crippen LogP contribution in [0.2, 0.25) is 0 Å². The summed E-state index contributed by atoms with van der Waals surface area (Å²) in [4.78, 5) is 10.6. The van der Waals surface area contributed by atoms with Gasteiger partial charge in [-0.1, -0.05) is 26.0 Å². The van der Waals surface area contributed by atoms with Crippen LogP contribution in [0.4, 0.5) is 0 Å². The summed E-state index contributed by atoms with van der Waals surface area (Å²) in [5.41, 5.74) is 1.27. The average Bonchev–Trinajstić information content (AvgIpc) is 2.03. The molecule has 0 aromatic rings. The Balaban J connectivity index is 0. The van der Waals surface area contributed by atoms with E-state index in [1.165, 1.54) is 0 Å². The van der Waals surface area contributed by atoms with E-state index in [9.17, 15) is 9.90 Å². The molecule has 0 saturated heterocycles. The standard InChI is InChI=1S/C10H16O2.K/c1-4-7-8(5-2)9(6-3)10(11)12;/h4,7H,5-6H2,1-3H3,(H,11,12);/q;+1/p-1/b7-4+,9-8+;. The Morgan fingerprint density at radius 1 is 1.31 bits per heavy atom. The van der Waals surface area contributed by atoms with Crippen LogP contribution in [-0.4, -0.2) is 5.97 Å². The van der Waals surface area contributed by atoms with Crippen LogP contribution in [0.3, 0.4) is 0 Å². The molecule has 0 aromatic carbocycles. The molecule has 0 fully saturated rings.